The predicted octanol–water partition coefficient (Wildman–Crippen LogP) is 7.06. The number of hydrogen-bond acceptors (Lipinski definition) is 1. The minimum atomic E-state index is 0.580. The molecule has 136 valence electrons. The summed E-state index contributed by atoms with van der Waals surface area (Å²) in [4.78, 5) is 0. The molecule has 28 heavy (non-hydrogen) atoms. The van der Waals surface area contributed by atoms with Gasteiger partial charge in [0.2, 0.25) is 0 Å². The van der Waals surface area contributed by atoms with Crippen LogP contribution in [0, 0.1) is 11.3 Å². The number of benzene rings is 3. The Balaban J connectivity index is 1.79. The van der Waals surface area contributed by atoms with Crippen molar-refractivity contribution < 1.29 is 0 Å². The molecular formula is C24H16Cl2N2. The Hall–Kier alpha value is -2.99. The molecule has 0 aliphatic rings. The third-order valence-corrected chi connectivity index (χ3v) is 5.13. The summed E-state index contributed by atoms with van der Waals surface area (Å²) in [7, 11) is 0. The highest BCUT2D eigenvalue weighted by Gasteiger charge is 2.09. The molecule has 0 saturated carbocycles. The number of aromatic nitrogens is 1. The zero-order valence-electron chi connectivity index (χ0n) is 14.9. The van der Waals surface area contributed by atoms with Gasteiger partial charge in [0.25, 0.3) is 0 Å². The number of halogens is 2. The molecule has 0 spiro atoms. The lowest BCUT2D eigenvalue weighted by Gasteiger charge is -2.05. The molecule has 0 atom stereocenters. The van der Waals surface area contributed by atoms with Crippen LogP contribution in [-0.2, 0) is 6.54 Å². The number of nitrogens with zero attached hydrogens (tertiary/aromatic N) is 2. The fourth-order valence-electron chi connectivity index (χ4n) is 3.30. The van der Waals surface area contributed by atoms with Gasteiger partial charge in [-0.25, -0.2) is 0 Å². The van der Waals surface area contributed by atoms with Crippen LogP contribution >= 0.6 is 23.2 Å². The Labute approximate surface area is 173 Å². The van der Waals surface area contributed by atoms with E-state index in [-0.39, 0.29) is 0 Å². The van der Waals surface area contributed by atoms with E-state index in [0.29, 0.717) is 10.6 Å². The van der Waals surface area contributed by atoms with Crippen molar-refractivity contribution in [3.05, 3.63) is 106 Å². The summed E-state index contributed by atoms with van der Waals surface area (Å²) in [5.41, 5.74) is 4.67. The fourth-order valence-corrected chi connectivity index (χ4v) is 3.62. The molecule has 1 aromatic heterocycles. The van der Waals surface area contributed by atoms with Crippen LogP contribution in [0.2, 0.25) is 10.0 Å². The van der Waals surface area contributed by atoms with Gasteiger partial charge in [-0.2, -0.15) is 5.26 Å². The quantitative estimate of drug-likeness (QED) is 0.335. The number of nitriles is 1. The van der Waals surface area contributed by atoms with E-state index in [1.54, 1.807) is 6.07 Å². The maximum atomic E-state index is 9.69. The minimum absolute atomic E-state index is 0.580. The lowest BCUT2D eigenvalue weighted by atomic mass is 10.0. The highest BCUT2D eigenvalue weighted by molar-refractivity contribution is 6.31. The summed E-state index contributed by atoms with van der Waals surface area (Å²) in [6.45, 7) is 0.727. The van der Waals surface area contributed by atoms with Gasteiger partial charge in [-0.3, -0.25) is 0 Å². The summed E-state index contributed by atoms with van der Waals surface area (Å²) in [5.74, 6) is 0. The maximum absolute atomic E-state index is 9.69. The number of hydrogen-bond donors (Lipinski definition) is 0. The molecule has 0 N–H and O–H groups in total. The fraction of sp³-hybridized carbons (Fsp3) is 0.0417. The van der Waals surface area contributed by atoms with Crippen LogP contribution in [0.5, 0.6) is 0 Å². The van der Waals surface area contributed by atoms with Gasteiger partial charge in [0, 0.05) is 39.3 Å². The lowest BCUT2D eigenvalue weighted by molar-refractivity contribution is 0.836. The van der Waals surface area contributed by atoms with Gasteiger partial charge >= 0.3 is 0 Å². The second-order valence-electron chi connectivity index (χ2n) is 6.54. The van der Waals surface area contributed by atoms with Crippen molar-refractivity contribution in [1.82, 2.24) is 4.57 Å². The third-order valence-electron chi connectivity index (χ3n) is 4.64. The molecule has 4 heteroatoms. The molecule has 0 saturated heterocycles. The van der Waals surface area contributed by atoms with Crippen LogP contribution in [0.15, 0.2) is 79.0 Å². The molecular weight excluding hydrogens is 387 g/mol. The van der Waals surface area contributed by atoms with Crippen molar-refractivity contribution in [2.45, 2.75) is 6.54 Å². The largest absolute Gasteiger partial charge is 0.342 e. The monoisotopic (exact) mass is 402 g/mol. The first-order chi connectivity index (χ1) is 13.6. The number of fused-ring (bicyclic) bond motifs is 1. The second kappa shape index (κ2) is 7.94. The highest BCUT2D eigenvalue weighted by atomic mass is 35.5. The van der Waals surface area contributed by atoms with Gasteiger partial charge in [0.05, 0.1) is 11.6 Å². The van der Waals surface area contributed by atoms with Crippen LogP contribution in [0.1, 0.15) is 16.7 Å². The number of para-hydroxylation sites is 1. The van der Waals surface area contributed by atoms with Crippen LogP contribution in [0.4, 0.5) is 0 Å². The van der Waals surface area contributed by atoms with Crippen molar-refractivity contribution in [2.24, 2.45) is 0 Å². The molecule has 4 aromatic rings. The van der Waals surface area contributed by atoms with Gasteiger partial charge in [-0.15, -0.1) is 0 Å². The van der Waals surface area contributed by atoms with Crippen LogP contribution in [0.3, 0.4) is 0 Å². The molecule has 0 unspecified atom stereocenters. The van der Waals surface area contributed by atoms with E-state index in [2.05, 4.69) is 29.0 Å². The zero-order valence-corrected chi connectivity index (χ0v) is 16.5. The van der Waals surface area contributed by atoms with Gasteiger partial charge in [-0.1, -0.05) is 65.7 Å². The van der Waals surface area contributed by atoms with E-state index < -0.39 is 0 Å². The van der Waals surface area contributed by atoms with Gasteiger partial charge in [-0.05, 0) is 47.5 Å². The standard InChI is InChI=1S/C24H16Cl2N2/c25-21-10-8-17(9-11-21)15-28-16-20(23-6-1-2-7-24(23)28)12-19(14-27)18-4-3-5-22(26)13-18/h1-13,16H,15H2/b19-12+. The molecule has 0 aliphatic carbocycles. The van der Waals surface area contributed by atoms with E-state index in [4.69, 9.17) is 23.2 Å². The minimum Gasteiger partial charge on any atom is -0.342 e. The van der Waals surface area contributed by atoms with E-state index in [0.717, 1.165) is 39.2 Å². The van der Waals surface area contributed by atoms with Gasteiger partial charge < -0.3 is 4.57 Å². The Bertz CT molecular complexity index is 1210. The van der Waals surface area contributed by atoms with Crippen LogP contribution < -0.4 is 0 Å². The molecule has 0 amide bonds. The third kappa shape index (κ3) is 3.82. The van der Waals surface area contributed by atoms with Crippen molar-refractivity contribution in [1.29, 1.82) is 5.26 Å². The average molecular weight is 403 g/mol. The molecule has 0 fully saturated rings. The zero-order chi connectivity index (χ0) is 19.5. The predicted molar refractivity (Wildman–Crippen MR) is 117 cm³/mol. The number of allylic oxidation sites excluding steroid dienone is 1. The van der Waals surface area contributed by atoms with Gasteiger partial charge in [0.15, 0.2) is 0 Å². The van der Waals surface area contributed by atoms with E-state index >= 15 is 0 Å². The Morgan fingerprint density at radius 1 is 0.929 bits per heavy atom. The molecule has 0 radical (unpaired) electrons. The molecule has 4 rings (SSSR count). The second-order valence-corrected chi connectivity index (χ2v) is 7.41. The van der Waals surface area contributed by atoms with E-state index in [9.17, 15) is 5.26 Å². The van der Waals surface area contributed by atoms with Crippen molar-refractivity contribution in [3.63, 3.8) is 0 Å². The summed E-state index contributed by atoms with van der Waals surface area (Å²) in [6.07, 6.45) is 4.01. The topological polar surface area (TPSA) is 28.7 Å². The number of rotatable bonds is 4. The maximum Gasteiger partial charge on any atom is 0.0998 e. The van der Waals surface area contributed by atoms with Crippen molar-refractivity contribution >= 4 is 45.8 Å². The molecule has 0 bridgehead atoms. The first-order valence-electron chi connectivity index (χ1n) is 8.84. The molecule has 3 aromatic carbocycles. The highest BCUT2D eigenvalue weighted by Crippen LogP contribution is 2.27. The lowest BCUT2D eigenvalue weighted by Crippen LogP contribution is -1.97. The van der Waals surface area contributed by atoms with E-state index in [1.807, 2.05) is 60.7 Å². The smallest absolute Gasteiger partial charge is 0.0998 e. The first-order valence-corrected chi connectivity index (χ1v) is 9.60. The first kappa shape index (κ1) is 18.4. The summed E-state index contributed by atoms with van der Waals surface area (Å²) in [6, 6.07) is 25.7. The Morgan fingerprint density at radius 3 is 2.46 bits per heavy atom. The summed E-state index contributed by atoms with van der Waals surface area (Å²) in [5, 5.41) is 12.1. The van der Waals surface area contributed by atoms with Crippen molar-refractivity contribution in [2.75, 3.05) is 0 Å². The summed E-state index contributed by atoms with van der Waals surface area (Å²) >= 11 is 12.1. The van der Waals surface area contributed by atoms with E-state index in [1.165, 1.54) is 0 Å². The van der Waals surface area contributed by atoms with Gasteiger partial charge in [0.1, 0.15) is 0 Å². The SMILES string of the molecule is N#C/C(=C\c1cn(Cc2ccc(Cl)cc2)c2ccccc12)c1cccc(Cl)c1. The van der Waals surface area contributed by atoms with Crippen LogP contribution in [-0.4, -0.2) is 4.57 Å². The summed E-state index contributed by atoms with van der Waals surface area (Å²) < 4.78 is 2.19. The molecule has 2 nitrogen and oxygen atoms in total. The average Bonchev–Trinajstić information content (AvgIpc) is 3.05. The Kier molecular flexibility index (Phi) is 5.21. The van der Waals surface area contributed by atoms with Crippen molar-refractivity contribution in [3.8, 4) is 6.07 Å². The molecule has 1 heterocycles. The Morgan fingerprint density at radius 2 is 1.71 bits per heavy atom. The normalized spacial score (nSPS) is 11.5. The van der Waals surface area contributed by atoms with Crippen LogP contribution in [0.25, 0.3) is 22.6 Å². The molecule has 0 aliphatic heterocycles.